The van der Waals surface area contributed by atoms with Gasteiger partial charge in [-0.25, -0.2) is 9.37 Å². The lowest BCUT2D eigenvalue weighted by atomic mass is 10.1. The van der Waals surface area contributed by atoms with Gasteiger partial charge in [0.15, 0.2) is 0 Å². The predicted octanol–water partition coefficient (Wildman–Crippen LogP) is 3.08. The molecule has 138 valence electrons. The third-order valence-electron chi connectivity index (χ3n) is 4.02. The fourth-order valence-corrected chi connectivity index (χ4v) is 3.58. The second kappa shape index (κ2) is 10.1. The minimum Gasteiger partial charge on any atom is -0.337 e. The van der Waals surface area contributed by atoms with Crippen LogP contribution in [0.3, 0.4) is 0 Å². The number of piperazine rings is 1. The van der Waals surface area contributed by atoms with Crippen LogP contribution in [0.4, 0.5) is 4.39 Å². The first kappa shape index (κ1) is 21.8. The Morgan fingerprint density at radius 1 is 1.36 bits per heavy atom. The summed E-state index contributed by atoms with van der Waals surface area (Å²) < 4.78 is 12.9. The SMILES string of the molecule is CC1CNCCN1C(=O)Cc1csc(Cc2ccc(F)cc2)n1.Cl.Cl. The molecule has 1 atom stereocenters. The molecule has 0 spiro atoms. The molecule has 0 saturated carbocycles. The quantitative estimate of drug-likeness (QED) is 0.849. The Kier molecular flexibility index (Phi) is 8.79. The number of amides is 1. The topological polar surface area (TPSA) is 45.2 Å². The molecule has 1 aliphatic rings. The third kappa shape index (κ3) is 5.92. The maximum absolute atomic E-state index is 12.9. The van der Waals surface area contributed by atoms with Crippen molar-refractivity contribution in [3.05, 3.63) is 51.7 Å². The zero-order chi connectivity index (χ0) is 16.2. The first-order chi connectivity index (χ1) is 11.1. The van der Waals surface area contributed by atoms with Gasteiger partial charge in [0.25, 0.3) is 0 Å². The van der Waals surface area contributed by atoms with Crippen LogP contribution in [-0.4, -0.2) is 41.5 Å². The minimum atomic E-state index is -0.232. The van der Waals surface area contributed by atoms with E-state index < -0.39 is 0 Å². The zero-order valence-corrected chi connectivity index (χ0v) is 16.4. The highest BCUT2D eigenvalue weighted by Gasteiger charge is 2.23. The number of rotatable bonds is 4. The molecule has 0 aliphatic carbocycles. The van der Waals surface area contributed by atoms with Crippen molar-refractivity contribution in [2.45, 2.75) is 25.8 Å². The van der Waals surface area contributed by atoms with Crippen LogP contribution in [-0.2, 0) is 17.6 Å². The van der Waals surface area contributed by atoms with E-state index >= 15 is 0 Å². The number of hydrogen-bond donors (Lipinski definition) is 1. The molecule has 1 amide bonds. The Morgan fingerprint density at radius 3 is 2.76 bits per heavy atom. The van der Waals surface area contributed by atoms with Gasteiger partial charge in [0.1, 0.15) is 5.82 Å². The Morgan fingerprint density at radius 2 is 2.08 bits per heavy atom. The predicted molar refractivity (Wildman–Crippen MR) is 104 cm³/mol. The van der Waals surface area contributed by atoms with Gasteiger partial charge < -0.3 is 10.2 Å². The van der Waals surface area contributed by atoms with Crippen molar-refractivity contribution in [3.8, 4) is 0 Å². The summed E-state index contributed by atoms with van der Waals surface area (Å²) in [4.78, 5) is 18.9. The number of benzene rings is 1. The zero-order valence-electron chi connectivity index (χ0n) is 13.9. The summed E-state index contributed by atoms with van der Waals surface area (Å²) in [7, 11) is 0. The van der Waals surface area contributed by atoms with Crippen molar-refractivity contribution in [2.24, 2.45) is 0 Å². The van der Waals surface area contributed by atoms with E-state index in [1.54, 1.807) is 23.5 Å². The van der Waals surface area contributed by atoms with Crippen molar-refractivity contribution in [2.75, 3.05) is 19.6 Å². The molecule has 1 aliphatic heterocycles. The molecule has 0 radical (unpaired) electrons. The van der Waals surface area contributed by atoms with Crippen LogP contribution < -0.4 is 5.32 Å². The van der Waals surface area contributed by atoms with Gasteiger partial charge in [-0.2, -0.15) is 0 Å². The van der Waals surface area contributed by atoms with E-state index in [4.69, 9.17) is 0 Å². The van der Waals surface area contributed by atoms with Crippen LogP contribution in [0.2, 0.25) is 0 Å². The molecule has 2 aromatic rings. The molecule has 1 aromatic carbocycles. The summed E-state index contributed by atoms with van der Waals surface area (Å²) in [5.74, 6) is -0.0954. The Balaban J connectivity index is 0.00000156. The van der Waals surface area contributed by atoms with Crippen molar-refractivity contribution >= 4 is 42.1 Å². The molecule has 8 heteroatoms. The molecule has 1 N–H and O–H groups in total. The lowest BCUT2D eigenvalue weighted by Gasteiger charge is -2.33. The average molecular weight is 406 g/mol. The van der Waals surface area contributed by atoms with Gasteiger partial charge in [0.2, 0.25) is 5.91 Å². The molecule has 2 heterocycles. The normalized spacial score (nSPS) is 16.7. The maximum Gasteiger partial charge on any atom is 0.228 e. The molecule has 1 fully saturated rings. The summed E-state index contributed by atoms with van der Waals surface area (Å²) in [5.41, 5.74) is 1.84. The minimum absolute atomic E-state index is 0. The van der Waals surface area contributed by atoms with E-state index in [9.17, 15) is 9.18 Å². The molecular weight excluding hydrogens is 384 g/mol. The molecule has 1 saturated heterocycles. The van der Waals surface area contributed by atoms with Gasteiger partial charge in [-0.1, -0.05) is 12.1 Å². The van der Waals surface area contributed by atoms with Crippen LogP contribution in [0.1, 0.15) is 23.2 Å². The molecule has 3 rings (SSSR count). The highest BCUT2D eigenvalue weighted by atomic mass is 35.5. The van der Waals surface area contributed by atoms with E-state index in [0.717, 1.165) is 35.9 Å². The standard InChI is InChI=1S/C17H20FN3OS.2ClH/c1-12-10-19-6-7-21(12)17(22)9-15-11-23-16(20-15)8-13-2-4-14(18)5-3-13;;/h2-5,11-12,19H,6-10H2,1H3;2*1H. The monoisotopic (exact) mass is 405 g/mol. The van der Waals surface area contributed by atoms with E-state index in [1.807, 2.05) is 10.3 Å². The number of aromatic nitrogens is 1. The van der Waals surface area contributed by atoms with Crippen LogP contribution in [0.15, 0.2) is 29.6 Å². The third-order valence-corrected chi connectivity index (χ3v) is 4.92. The Bertz CT molecular complexity index is 681. The Hall–Kier alpha value is -1.21. The second-order valence-electron chi connectivity index (χ2n) is 5.85. The van der Waals surface area contributed by atoms with E-state index in [1.165, 1.54) is 12.1 Å². The second-order valence-corrected chi connectivity index (χ2v) is 6.80. The lowest BCUT2D eigenvalue weighted by Crippen LogP contribution is -2.52. The van der Waals surface area contributed by atoms with Crippen LogP contribution in [0.5, 0.6) is 0 Å². The maximum atomic E-state index is 12.9. The highest BCUT2D eigenvalue weighted by Crippen LogP contribution is 2.17. The summed E-state index contributed by atoms with van der Waals surface area (Å²) >= 11 is 1.55. The van der Waals surface area contributed by atoms with E-state index in [-0.39, 0.29) is 42.6 Å². The summed E-state index contributed by atoms with van der Waals surface area (Å²) in [6.07, 6.45) is 1.02. The fraction of sp³-hybridized carbons (Fsp3) is 0.412. The van der Waals surface area contributed by atoms with Crippen molar-refractivity contribution in [1.29, 1.82) is 0 Å². The highest BCUT2D eigenvalue weighted by molar-refractivity contribution is 7.09. The summed E-state index contributed by atoms with van der Waals surface area (Å²) in [6, 6.07) is 6.68. The van der Waals surface area contributed by atoms with Gasteiger partial charge in [-0.15, -0.1) is 36.2 Å². The molecule has 1 aromatic heterocycles. The molecule has 25 heavy (non-hydrogen) atoms. The number of hydrogen-bond acceptors (Lipinski definition) is 4. The first-order valence-corrected chi connectivity index (χ1v) is 8.67. The summed E-state index contributed by atoms with van der Waals surface area (Å²) in [6.45, 7) is 4.51. The number of carbonyl (C=O) groups is 1. The molecular formula is C17H22Cl2FN3OS. The number of nitrogens with one attached hydrogen (secondary N) is 1. The van der Waals surface area contributed by atoms with Gasteiger partial charge >= 0.3 is 0 Å². The van der Waals surface area contributed by atoms with Crippen LogP contribution in [0, 0.1) is 5.82 Å². The fourth-order valence-electron chi connectivity index (χ4n) is 2.76. The number of nitrogens with zero attached hydrogens (tertiary/aromatic N) is 2. The number of carbonyl (C=O) groups excluding carboxylic acids is 1. The Labute approximate surface area is 163 Å². The smallest absolute Gasteiger partial charge is 0.228 e. The largest absolute Gasteiger partial charge is 0.337 e. The van der Waals surface area contributed by atoms with Gasteiger partial charge in [0, 0.05) is 37.5 Å². The molecule has 1 unspecified atom stereocenters. The van der Waals surface area contributed by atoms with Crippen LogP contribution in [0.25, 0.3) is 0 Å². The summed E-state index contributed by atoms with van der Waals surface area (Å²) in [5, 5.41) is 6.18. The number of thiazole rings is 1. The van der Waals surface area contributed by atoms with Crippen molar-refractivity contribution < 1.29 is 9.18 Å². The molecule has 0 bridgehead atoms. The number of halogens is 3. The molecule has 4 nitrogen and oxygen atoms in total. The van der Waals surface area contributed by atoms with Crippen molar-refractivity contribution in [3.63, 3.8) is 0 Å². The van der Waals surface area contributed by atoms with Crippen LogP contribution >= 0.6 is 36.2 Å². The average Bonchev–Trinajstić information content (AvgIpc) is 2.97. The lowest BCUT2D eigenvalue weighted by molar-refractivity contribution is -0.133. The van der Waals surface area contributed by atoms with Gasteiger partial charge in [-0.3, -0.25) is 4.79 Å². The first-order valence-electron chi connectivity index (χ1n) is 7.80. The van der Waals surface area contributed by atoms with E-state index in [2.05, 4.69) is 17.2 Å². The van der Waals surface area contributed by atoms with Gasteiger partial charge in [0.05, 0.1) is 17.1 Å². The van der Waals surface area contributed by atoms with E-state index in [0.29, 0.717) is 12.8 Å². The van der Waals surface area contributed by atoms with Crippen molar-refractivity contribution in [1.82, 2.24) is 15.2 Å². The van der Waals surface area contributed by atoms with Gasteiger partial charge in [-0.05, 0) is 24.6 Å².